The van der Waals surface area contributed by atoms with Crippen molar-refractivity contribution in [2.24, 2.45) is 0 Å². The van der Waals surface area contributed by atoms with Crippen LogP contribution in [0.3, 0.4) is 0 Å². The maximum absolute atomic E-state index is 6.04. The third-order valence-corrected chi connectivity index (χ3v) is 6.34. The maximum Gasteiger partial charge on any atom is 0.267 e. The average Bonchev–Trinajstić information content (AvgIpc) is 3.47. The molecule has 152 valence electrons. The molecule has 0 spiro atoms. The zero-order chi connectivity index (χ0) is 21.7. The van der Waals surface area contributed by atoms with E-state index in [1.807, 2.05) is 95.6 Å². The molecule has 0 saturated carbocycles. The van der Waals surface area contributed by atoms with Crippen LogP contribution in [0.15, 0.2) is 94.9 Å². The summed E-state index contributed by atoms with van der Waals surface area (Å²) >= 11 is 11.5. The number of benzene rings is 3. The van der Waals surface area contributed by atoms with Crippen LogP contribution in [0.5, 0.6) is 0 Å². The number of imidazole rings is 1. The van der Waals surface area contributed by atoms with Crippen molar-refractivity contribution in [2.45, 2.75) is 0 Å². The van der Waals surface area contributed by atoms with Crippen LogP contribution in [0.1, 0.15) is 17.0 Å². The fourth-order valence-electron chi connectivity index (χ4n) is 3.95. The Kier molecular flexibility index (Phi) is 4.41. The van der Waals surface area contributed by atoms with E-state index in [0.29, 0.717) is 23.1 Å². The molecule has 0 unspecified atom stereocenters. The third-order valence-electron chi connectivity index (χ3n) is 5.46. The predicted octanol–water partition coefficient (Wildman–Crippen LogP) is 6.21. The van der Waals surface area contributed by atoms with Crippen LogP contribution in [0.2, 0.25) is 0 Å². The van der Waals surface area contributed by atoms with Gasteiger partial charge in [-0.3, -0.25) is 4.57 Å². The van der Waals surface area contributed by atoms with Crippen molar-refractivity contribution in [3.05, 3.63) is 107 Å². The molecule has 2 heterocycles. The van der Waals surface area contributed by atoms with Gasteiger partial charge in [0.1, 0.15) is 5.82 Å². The SMILES string of the molecule is S=C1C(=Cc2nc3oc(-c4ccccc4)nc3n2-c2ccccc2)C(=S)c2ccccc21. The predicted molar refractivity (Wildman–Crippen MR) is 134 cm³/mol. The number of hydrogen-bond donors (Lipinski definition) is 0. The molecule has 0 fully saturated rings. The first-order valence-electron chi connectivity index (χ1n) is 10.1. The summed E-state index contributed by atoms with van der Waals surface area (Å²) in [5, 5.41) is 0. The number of para-hydroxylation sites is 1. The minimum Gasteiger partial charge on any atom is -0.416 e. The normalized spacial score (nSPS) is 13.1. The van der Waals surface area contributed by atoms with Crippen molar-refractivity contribution >= 4 is 51.6 Å². The average molecular weight is 450 g/mol. The van der Waals surface area contributed by atoms with Crippen LogP contribution in [0.25, 0.3) is 34.6 Å². The molecule has 1 aliphatic carbocycles. The maximum atomic E-state index is 6.04. The van der Waals surface area contributed by atoms with Gasteiger partial charge in [0.05, 0.1) is 9.73 Å². The van der Waals surface area contributed by atoms with Crippen LogP contribution in [0, 0.1) is 0 Å². The minimum absolute atomic E-state index is 0.465. The van der Waals surface area contributed by atoms with Crippen LogP contribution in [-0.4, -0.2) is 24.3 Å². The van der Waals surface area contributed by atoms with Gasteiger partial charge in [-0.25, -0.2) is 0 Å². The minimum atomic E-state index is 0.465. The first kappa shape index (κ1) is 19.0. The molecule has 32 heavy (non-hydrogen) atoms. The van der Waals surface area contributed by atoms with Gasteiger partial charge < -0.3 is 4.42 Å². The molecular formula is C26H15N3OS2. The van der Waals surface area contributed by atoms with Crippen molar-refractivity contribution in [3.8, 4) is 17.1 Å². The molecule has 5 aromatic rings. The Bertz CT molecular complexity index is 1510. The summed E-state index contributed by atoms with van der Waals surface area (Å²) in [5.41, 5.74) is 5.75. The number of thiocarbonyl (C=S) groups is 2. The van der Waals surface area contributed by atoms with E-state index < -0.39 is 0 Å². The zero-order valence-electron chi connectivity index (χ0n) is 16.7. The van der Waals surface area contributed by atoms with Gasteiger partial charge in [-0.1, -0.05) is 85.1 Å². The Balaban J connectivity index is 1.55. The number of rotatable bonds is 3. The van der Waals surface area contributed by atoms with Gasteiger partial charge in [-0.2, -0.15) is 9.97 Å². The second-order valence-corrected chi connectivity index (χ2v) is 8.23. The Morgan fingerprint density at radius 1 is 0.719 bits per heavy atom. The topological polar surface area (TPSA) is 43.9 Å². The van der Waals surface area contributed by atoms with Crippen molar-refractivity contribution in [1.82, 2.24) is 14.5 Å². The van der Waals surface area contributed by atoms with Gasteiger partial charge in [0.15, 0.2) is 0 Å². The van der Waals surface area contributed by atoms with Crippen molar-refractivity contribution in [1.29, 1.82) is 0 Å². The highest BCUT2D eigenvalue weighted by molar-refractivity contribution is 7.84. The lowest BCUT2D eigenvalue weighted by Crippen LogP contribution is -2.03. The van der Waals surface area contributed by atoms with Gasteiger partial charge >= 0.3 is 0 Å². The number of hydrogen-bond acceptors (Lipinski definition) is 5. The van der Waals surface area contributed by atoms with E-state index in [4.69, 9.17) is 38.8 Å². The molecular weight excluding hydrogens is 434 g/mol. The van der Waals surface area contributed by atoms with E-state index >= 15 is 0 Å². The smallest absolute Gasteiger partial charge is 0.267 e. The van der Waals surface area contributed by atoms with Crippen LogP contribution in [0.4, 0.5) is 0 Å². The summed E-state index contributed by atoms with van der Waals surface area (Å²) < 4.78 is 8.02. The molecule has 6 heteroatoms. The lowest BCUT2D eigenvalue weighted by atomic mass is 10.1. The molecule has 0 aliphatic heterocycles. The molecule has 0 amide bonds. The highest BCUT2D eigenvalue weighted by atomic mass is 32.1. The van der Waals surface area contributed by atoms with E-state index in [2.05, 4.69) is 0 Å². The lowest BCUT2D eigenvalue weighted by molar-refractivity contribution is 0.608. The summed E-state index contributed by atoms with van der Waals surface area (Å²) in [6, 6.07) is 27.7. The molecule has 0 N–H and O–H groups in total. The van der Waals surface area contributed by atoms with Gasteiger partial charge in [0.2, 0.25) is 11.5 Å². The van der Waals surface area contributed by atoms with E-state index in [0.717, 1.165) is 37.7 Å². The number of fused-ring (bicyclic) bond motifs is 2. The second kappa shape index (κ2) is 7.44. The summed E-state index contributed by atoms with van der Waals surface area (Å²) in [6.45, 7) is 0. The van der Waals surface area contributed by atoms with E-state index in [9.17, 15) is 0 Å². The molecule has 0 radical (unpaired) electrons. The number of aromatic nitrogens is 3. The third kappa shape index (κ3) is 2.96. The number of nitrogens with zero attached hydrogens (tertiary/aromatic N) is 3. The molecule has 0 bridgehead atoms. The Hall–Kier alpha value is -3.74. The quantitative estimate of drug-likeness (QED) is 0.242. The summed E-state index contributed by atoms with van der Waals surface area (Å²) in [4.78, 5) is 11.0. The van der Waals surface area contributed by atoms with Gasteiger partial charge in [0, 0.05) is 28.0 Å². The number of oxazole rings is 1. The first-order valence-corrected chi connectivity index (χ1v) is 10.9. The Morgan fingerprint density at radius 3 is 1.97 bits per heavy atom. The summed E-state index contributed by atoms with van der Waals surface area (Å²) in [7, 11) is 0. The summed E-state index contributed by atoms with van der Waals surface area (Å²) in [6.07, 6.45) is 1.94. The van der Waals surface area contributed by atoms with Crippen molar-refractivity contribution < 1.29 is 4.42 Å². The van der Waals surface area contributed by atoms with Gasteiger partial charge in [-0.15, -0.1) is 0 Å². The zero-order valence-corrected chi connectivity index (χ0v) is 18.4. The molecule has 2 aromatic heterocycles. The summed E-state index contributed by atoms with van der Waals surface area (Å²) in [5.74, 6) is 1.20. The largest absolute Gasteiger partial charge is 0.416 e. The first-order chi connectivity index (χ1) is 15.7. The van der Waals surface area contributed by atoms with E-state index in [1.165, 1.54) is 0 Å². The fourth-order valence-corrected chi connectivity index (χ4v) is 4.69. The van der Waals surface area contributed by atoms with Gasteiger partial charge in [-0.05, 0) is 30.3 Å². The molecule has 1 aliphatic rings. The van der Waals surface area contributed by atoms with Gasteiger partial charge in [0.25, 0.3) is 5.71 Å². The van der Waals surface area contributed by atoms with Crippen molar-refractivity contribution in [3.63, 3.8) is 0 Å². The Morgan fingerprint density at radius 2 is 1.31 bits per heavy atom. The molecule has 4 nitrogen and oxygen atoms in total. The molecule has 3 aromatic carbocycles. The monoisotopic (exact) mass is 449 g/mol. The van der Waals surface area contributed by atoms with Crippen LogP contribution < -0.4 is 0 Å². The highest BCUT2D eigenvalue weighted by Gasteiger charge is 2.27. The Labute approximate surface area is 194 Å². The second-order valence-electron chi connectivity index (χ2n) is 7.42. The highest BCUT2D eigenvalue weighted by Crippen LogP contribution is 2.32. The van der Waals surface area contributed by atoms with E-state index in [-0.39, 0.29) is 0 Å². The lowest BCUT2D eigenvalue weighted by Gasteiger charge is -2.06. The molecule has 6 rings (SSSR count). The molecule has 0 atom stereocenters. The van der Waals surface area contributed by atoms with Crippen LogP contribution in [-0.2, 0) is 0 Å². The molecule has 0 saturated heterocycles. The standard InChI is InChI=1S/C26H15N3OS2/c31-22-18-13-7-8-14-19(18)23(32)20(22)15-21-27-26-24(29(21)17-11-5-2-6-12-17)28-25(30-26)16-9-3-1-4-10-16/h1-15H. The van der Waals surface area contributed by atoms with Crippen molar-refractivity contribution in [2.75, 3.05) is 0 Å². The van der Waals surface area contributed by atoms with E-state index in [1.54, 1.807) is 0 Å². The number of allylic oxidation sites excluding steroid dienone is 1. The van der Waals surface area contributed by atoms with Crippen LogP contribution >= 0.6 is 24.4 Å². The fraction of sp³-hybridized carbons (Fsp3) is 0.